The largest absolute Gasteiger partial charge is 0.444 e. The summed E-state index contributed by atoms with van der Waals surface area (Å²) in [5.41, 5.74) is 0.500. The number of halogens is 2. The quantitative estimate of drug-likeness (QED) is 0.606. The van der Waals surface area contributed by atoms with Gasteiger partial charge in [0.2, 0.25) is 0 Å². The van der Waals surface area contributed by atoms with E-state index in [9.17, 15) is 9.59 Å². The maximum Gasteiger partial charge on any atom is 0.410 e. The molecule has 1 aliphatic carbocycles. The van der Waals surface area contributed by atoms with Crippen LogP contribution in [0.4, 0.5) is 4.79 Å². The molecule has 0 bridgehead atoms. The monoisotopic (exact) mass is 446 g/mol. The summed E-state index contributed by atoms with van der Waals surface area (Å²) < 4.78 is 8.85. The highest BCUT2D eigenvalue weighted by molar-refractivity contribution is 9.11. The lowest BCUT2D eigenvalue weighted by Crippen LogP contribution is -2.41. The van der Waals surface area contributed by atoms with Gasteiger partial charge in [-0.2, -0.15) is 0 Å². The van der Waals surface area contributed by atoms with Crippen LogP contribution in [-0.2, 0) is 11.3 Å². The molecule has 23 heavy (non-hydrogen) atoms. The van der Waals surface area contributed by atoms with Crippen molar-refractivity contribution >= 4 is 38.0 Å². The number of nitrogens with zero attached hydrogens (tertiary/aromatic N) is 2. The summed E-state index contributed by atoms with van der Waals surface area (Å²) in [6, 6.07) is 1.93. The molecule has 0 aromatic carbocycles. The van der Waals surface area contributed by atoms with Gasteiger partial charge in [0.15, 0.2) is 0 Å². The summed E-state index contributed by atoms with van der Waals surface area (Å²) in [5, 5.41) is 0. The second kappa shape index (κ2) is 5.92. The molecule has 0 radical (unpaired) electrons. The smallest absolute Gasteiger partial charge is 0.410 e. The molecule has 1 fully saturated rings. The fraction of sp³-hybridized carbons (Fsp3) is 0.625. The average molecular weight is 448 g/mol. The zero-order valence-corrected chi connectivity index (χ0v) is 16.6. The highest BCUT2D eigenvalue weighted by Gasteiger charge is 2.49. The van der Waals surface area contributed by atoms with Crippen molar-refractivity contribution in [2.24, 2.45) is 0 Å². The first-order chi connectivity index (χ1) is 10.7. The predicted octanol–water partition coefficient (Wildman–Crippen LogP) is 3.87. The van der Waals surface area contributed by atoms with Gasteiger partial charge >= 0.3 is 6.09 Å². The SMILES string of the molecule is CC(C)(C)OC(=O)N1CCCn2c(c(Br)cc(Br)c2=O)C2CC21. The topological polar surface area (TPSA) is 51.5 Å². The molecule has 1 saturated carbocycles. The van der Waals surface area contributed by atoms with E-state index < -0.39 is 5.60 Å². The summed E-state index contributed by atoms with van der Waals surface area (Å²) in [4.78, 5) is 26.7. The van der Waals surface area contributed by atoms with Gasteiger partial charge in [-0.3, -0.25) is 4.79 Å². The number of rotatable bonds is 0. The van der Waals surface area contributed by atoms with Crippen LogP contribution < -0.4 is 5.56 Å². The van der Waals surface area contributed by atoms with Crippen molar-refractivity contribution in [2.45, 2.75) is 57.7 Å². The minimum atomic E-state index is -0.496. The van der Waals surface area contributed by atoms with E-state index in [1.807, 2.05) is 36.3 Å². The number of carbonyl (C=O) groups excluding carboxylic acids is 1. The summed E-state index contributed by atoms with van der Waals surface area (Å²) in [6.07, 6.45) is 1.35. The van der Waals surface area contributed by atoms with Gasteiger partial charge < -0.3 is 14.2 Å². The van der Waals surface area contributed by atoms with Crippen LogP contribution in [0.15, 0.2) is 19.8 Å². The maximum atomic E-state index is 12.4. The average Bonchev–Trinajstić information content (AvgIpc) is 3.13. The third-order valence-corrected chi connectivity index (χ3v) is 5.36. The number of aromatic nitrogens is 1. The third-order valence-electron chi connectivity index (χ3n) is 4.16. The van der Waals surface area contributed by atoms with Crippen LogP contribution in [0.25, 0.3) is 0 Å². The van der Waals surface area contributed by atoms with Gasteiger partial charge in [-0.1, -0.05) is 0 Å². The lowest BCUT2D eigenvalue weighted by molar-refractivity contribution is 0.0221. The number of hydrogen-bond donors (Lipinski definition) is 0. The molecule has 0 spiro atoms. The molecule has 0 N–H and O–H groups in total. The van der Waals surface area contributed by atoms with Crippen molar-refractivity contribution < 1.29 is 9.53 Å². The molecule has 2 aliphatic rings. The predicted molar refractivity (Wildman–Crippen MR) is 94.8 cm³/mol. The van der Waals surface area contributed by atoms with Crippen LogP contribution in [0, 0.1) is 0 Å². The summed E-state index contributed by atoms with van der Waals surface area (Å²) in [5.74, 6) is 0.193. The van der Waals surface area contributed by atoms with Gasteiger partial charge in [-0.15, -0.1) is 0 Å². The third kappa shape index (κ3) is 3.36. The molecule has 2 heterocycles. The van der Waals surface area contributed by atoms with Gasteiger partial charge in [-0.25, -0.2) is 4.79 Å². The fourth-order valence-electron chi connectivity index (χ4n) is 3.15. The normalized spacial score (nSPS) is 23.4. The van der Waals surface area contributed by atoms with Crippen molar-refractivity contribution in [3.05, 3.63) is 31.1 Å². The Morgan fingerprint density at radius 2 is 1.96 bits per heavy atom. The fourth-order valence-corrected chi connectivity index (χ4v) is 4.63. The van der Waals surface area contributed by atoms with E-state index in [1.54, 1.807) is 0 Å². The second-order valence-electron chi connectivity index (χ2n) is 7.12. The first-order valence-electron chi connectivity index (χ1n) is 7.77. The minimum absolute atomic E-state index is 0.000400. The molecule has 2 unspecified atom stereocenters. The molecule has 1 aliphatic heterocycles. The van der Waals surface area contributed by atoms with E-state index in [-0.39, 0.29) is 23.6 Å². The van der Waals surface area contributed by atoms with Crippen molar-refractivity contribution in [1.29, 1.82) is 0 Å². The molecule has 5 nitrogen and oxygen atoms in total. The number of carbonyl (C=O) groups is 1. The van der Waals surface area contributed by atoms with Gasteiger partial charge in [0.05, 0.1) is 4.47 Å². The van der Waals surface area contributed by atoms with Gasteiger partial charge in [-0.05, 0) is 71.5 Å². The Morgan fingerprint density at radius 3 is 2.61 bits per heavy atom. The Kier molecular flexibility index (Phi) is 4.38. The van der Waals surface area contributed by atoms with Crippen LogP contribution in [0.3, 0.4) is 0 Å². The first kappa shape index (κ1) is 17.0. The molecule has 1 aromatic heterocycles. The molecule has 7 heteroatoms. The van der Waals surface area contributed by atoms with Crippen molar-refractivity contribution in [3.8, 4) is 0 Å². The number of fused-ring (bicyclic) bond motifs is 3. The highest BCUT2D eigenvalue weighted by Crippen LogP contribution is 2.48. The van der Waals surface area contributed by atoms with E-state index in [4.69, 9.17) is 4.74 Å². The van der Waals surface area contributed by atoms with E-state index in [0.29, 0.717) is 17.6 Å². The Balaban J connectivity index is 1.90. The van der Waals surface area contributed by atoms with Crippen LogP contribution >= 0.6 is 31.9 Å². The van der Waals surface area contributed by atoms with Crippen molar-refractivity contribution in [2.75, 3.05) is 6.54 Å². The molecule has 3 rings (SSSR count). The molecule has 126 valence electrons. The van der Waals surface area contributed by atoms with Gasteiger partial charge in [0.1, 0.15) is 5.60 Å². The number of amides is 1. The molecule has 0 saturated heterocycles. The molecular weight excluding hydrogens is 428 g/mol. The van der Waals surface area contributed by atoms with Gasteiger partial charge in [0.25, 0.3) is 5.56 Å². The van der Waals surface area contributed by atoms with Crippen molar-refractivity contribution in [1.82, 2.24) is 9.47 Å². The molecule has 1 aromatic rings. The summed E-state index contributed by atoms with van der Waals surface area (Å²) in [6.45, 7) is 6.85. The molecule has 1 amide bonds. The lowest BCUT2D eigenvalue weighted by Gasteiger charge is -2.30. The number of pyridine rings is 1. The Hall–Kier alpha value is -0.820. The van der Waals surface area contributed by atoms with Crippen LogP contribution in [0.1, 0.15) is 45.2 Å². The van der Waals surface area contributed by atoms with E-state index in [2.05, 4.69) is 31.9 Å². The standard InChI is InChI=1S/C16H20Br2N2O3/c1-16(2,3)23-15(22)19-5-4-6-20-13(9-7-12(9)19)10(17)8-11(18)14(20)21/h8-9,12H,4-7H2,1-3H3. The van der Waals surface area contributed by atoms with Crippen LogP contribution in [0.2, 0.25) is 0 Å². The number of ether oxygens (including phenoxy) is 1. The molecule has 2 atom stereocenters. The van der Waals surface area contributed by atoms with Crippen LogP contribution in [-0.4, -0.2) is 33.7 Å². The van der Waals surface area contributed by atoms with E-state index in [0.717, 1.165) is 23.0 Å². The van der Waals surface area contributed by atoms with Crippen molar-refractivity contribution in [3.63, 3.8) is 0 Å². The number of hydrogen-bond acceptors (Lipinski definition) is 3. The Labute approximate surface area is 152 Å². The first-order valence-corrected chi connectivity index (χ1v) is 9.36. The Bertz CT molecular complexity index is 709. The van der Waals surface area contributed by atoms with E-state index >= 15 is 0 Å². The lowest BCUT2D eigenvalue weighted by atomic mass is 10.2. The highest BCUT2D eigenvalue weighted by atomic mass is 79.9. The van der Waals surface area contributed by atoms with Crippen LogP contribution in [0.5, 0.6) is 0 Å². The van der Waals surface area contributed by atoms with E-state index in [1.165, 1.54) is 0 Å². The van der Waals surface area contributed by atoms with Gasteiger partial charge in [0, 0.05) is 35.2 Å². The second-order valence-corrected chi connectivity index (χ2v) is 8.83. The summed E-state index contributed by atoms with van der Waals surface area (Å²) in [7, 11) is 0. The maximum absolute atomic E-state index is 12.4. The summed E-state index contributed by atoms with van der Waals surface area (Å²) >= 11 is 6.90. The minimum Gasteiger partial charge on any atom is -0.444 e. The molecular formula is C16H20Br2N2O3. The zero-order chi connectivity index (χ0) is 16.9. The zero-order valence-electron chi connectivity index (χ0n) is 13.4. The Morgan fingerprint density at radius 1 is 1.26 bits per heavy atom.